The van der Waals surface area contributed by atoms with Crippen molar-refractivity contribution in [3.63, 3.8) is 0 Å². The van der Waals surface area contributed by atoms with Gasteiger partial charge in [-0.25, -0.2) is 4.99 Å². The third-order valence-electron chi connectivity index (χ3n) is 4.28. The minimum atomic E-state index is 0.686. The summed E-state index contributed by atoms with van der Waals surface area (Å²) >= 11 is 6.06. The van der Waals surface area contributed by atoms with Gasteiger partial charge in [0.1, 0.15) is 11.6 Å². The van der Waals surface area contributed by atoms with Crippen LogP contribution < -0.4 is 5.32 Å². The lowest BCUT2D eigenvalue weighted by atomic mass is 10.0. The lowest BCUT2D eigenvalue weighted by molar-refractivity contribution is 0.461. The van der Waals surface area contributed by atoms with E-state index in [-0.39, 0.29) is 0 Å². The SMILES string of the molecule is C=C/C(=C1/N=CC=C(NCc2cccc(Cl)c2)N1C)c1ccc(C)cc1. The topological polar surface area (TPSA) is 27.6 Å². The van der Waals surface area contributed by atoms with E-state index in [1.807, 2.05) is 48.5 Å². The number of nitrogens with zero attached hydrogens (tertiary/aromatic N) is 2. The number of allylic oxidation sites excluding steroid dienone is 3. The van der Waals surface area contributed by atoms with E-state index >= 15 is 0 Å². The molecule has 2 aromatic rings. The summed E-state index contributed by atoms with van der Waals surface area (Å²) in [6.45, 7) is 6.75. The van der Waals surface area contributed by atoms with Gasteiger partial charge in [-0.15, -0.1) is 0 Å². The zero-order chi connectivity index (χ0) is 18.5. The number of nitrogens with one attached hydrogen (secondary N) is 1. The predicted octanol–water partition coefficient (Wildman–Crippen LogP) is 5.15. The molecule has 1 heterocycles. The molecule has 2 aromatic carbocycles. The second-order valence-electron chi connectivity index (χ2n) is 6.18. The third kappa shape index (κ3) is 4.06. The predicted molar refractivity (Wildman–Crippen MR) is 111 cm³/mol. The van der Waals surface area contributed by atoms with Crippen molar-refractivity contribution in [1.82, 2.24) is 10.2 Å². The van der Waals surface area contributed by atoms with Crippen molar-refractivity contribution in [2.45, 2.75) is 13.5 Å². The molecule has 0 saturated carbocycles. The normalized spacial score (nSPS) is 15.5. The van der Waals surface area contributed by atoms with Gasteiger partial charge in [0.05, 0.1) is 0 Å². The molecule has 26 heavy (non-hydrogen) atoms. The van der Waals surface area contributed by atoms with Crippen LogP contribution in [0.15, 0.2) is 83.9 Å². The number of aryl methyl sites for hydroxylation is 1. The molecule has 3 nitrogen and oxygen atoms in total. The average Bonchev–Trinajstić information content (AvgIpc) is 2.64. The maximum absolute atomic E-state index is 6.06. The monoisotopic (exact) mass is 363 g/mol. The highest BCUT2D eigenvalue weighted by Gasteiger charge is 2.16. The van der Waals surface area contributed by atoms with Crippen LogP contribution >= 0.6 is 11.6 Å². The van der Waals surface area contributed by atoms with E-state index in [4.69, 9.17) is 11.6 Å². The lowest BCUT2D eigenvalue weighted by Gasteiger charge is -2.28. The highest BCUT2D eigenvalue weighted by atomic mass is 35.5. The maximum Gasteiger partial charge on any atom is 0.141 e. The van der Waals surface area contributed by atoms with Crippen molar-refractivity contribution in [3.05, 3.63) is 101 Å². The fourth-order valence-corrected chi connectivity index (χ4v) is 3.04. The Balaban J connectivity index is 1.82. The molecular formula is C22H22ClN3. The molecule has 0 aliphatic carbocycles. The summed E-state index contributed by atoms with van der Waals surface area (Å²) in [5.41, 5.74) is 4.45. The Hall–Kier alpha value is -2.78. The van der Waals surface area contributed by atoms with Gasteiger partial charge in [0, 0.05) is 30.4 Å². The van der Waals surface area contributed by atoms with Crippen LogP contribution in [-0.4, -0.2) is 18.2 Å². The summed E-state index contributed by atoms with van der Waals surface area (Å²) in [7, 11) is 2.00. The van der Waals surface area contributed by atoms with E-state index in [1.54, 1.807) is 0 Å². The minimum Gasteiger partial charge on any atom is -0.367 e. The number of benzene rings is 2. The number of rotatable bonds is 5. The first kappa shape index (κ1) is 18.0. The Morgan fingerprint density at radius 3 is 2.69 bits per heavy atom. The van der Waals surface area contributed by atoms with Crippen LogP contribution in [-0.2, 0) is 6.54 Å². The van der Waals surface area contributed by atoms with Gasteiger partial charge in [-0.1, -0.05) is 66.2 Å². The van der Waals surface area contributed by atoms with Crippen molar-refractivity contribution in [2.75, 3.05) is 7.05 Å². The van der Waals surface area contributed by atoms with Crippen LogP contribution in [0.3, 0.4) is 0 Å². The molecule has 0 spiro atoms. The largest absolute Gasteiger partial charge is 0.367 e. The van der Waals surface area contributed by atoms with E-state index in [0.29, 0.717) is 6.54 Å². The second kappa shape index (κ2) is 8.07. The smallest absolute Gasteiger partial charge is 0.141 e. The first-order chi connectivity index (χ1) is 12.6. The molecule has 0 radical (unpaired) electrons. The van der Waals surface area contributed by atoms with Gasteiger partial charge >= 0.3 is 0 Å². The summed E-state index contributed by atoms with van der Waals surface area (Å²) in [5, 5.41) is 4.19. The van der Waals surface area contributed by atoms with E-state index in [2.05, 4.69) is 54.1 Å². The second-order valence-corrected chi connectivity index (χ2v) is 6.62. The first-order valence-electron chi connectivity index (χ1n) is 8.48. The number of aliphatic imine (C=N–C) groups is 1. The fraction of sp³-hybridized carbons (Fsp3) is 0.136. The summed E-state index contributed by atoms with van der Waals surface area (Å²) in [6, 6.07) is 16.2. The number of halogens is 1. The Labute approximate surface area is 160 Å². The highest BCUT2D eigenvalue weighted by Crippen LogP contribution is 2.26. The van der Waals surface area contributed by atoms with Gasteiger partial charge < -0.3 is 10.2 Å². The minimum absolute atomic E-state index is 0.686. The van der Waals surface area contributed by atoms with Gasteiger partial charge in [0.15, 0.2) is 0 Å². The Morgan fingerprint density at radius 1 is 1.23 bits per heavy atom. The van der Waals surface area contributed by atoms with Crippen molar-refractivity contribution in [3.8, 4) is 0 Å². The Morgan fingerprint density at radius 2 is 2.00 bits per heavy atom. The molecule has 0 atom stereocenters. The van der Waals surface area contributed by atoms with Crippen LogP contribution in [0, 0.1) is 6.92 Å². The van der Waals surface area contributed by atoms with Crippen LogP contribution in [0.4, 0.5) is 0 Å². The quantitative estimate of drug-likeness (QED) is 0.795. The van der Waals surface area contributed by atoms with E-state index in [9.17, 15) is 0 Å². The number of hydrogen-bond acceptors (Lipinski definition) is 3. The molecular weight excluding hydrogens is 342 g/mol. The van der Waals surface area contributed by atoms with Crippen LogP contribution in [0.25, 0.3) is 5.57 Å². The molecule has 1 aliphatic rings. The highest BCUT2D eigenvalue weighted by molar-refractivity contribution is 6.30. The summed E-state index contributed by atoms with van der Waals surface area (Å²) in [5.74, 6) is 1.83. The van der Waals surface area contributed by atoms with Gasteiger partial charge in [0.25, 0.3) is 0 Å². The lowest BCUT2D eigenvalue weighted by Crippen LogP contribution is -2.30. The molecule has 0 saturated heterocycles. The van der Waals surface area contributed by atoms with Crippen LogP contribution in [0.2, 0.25) is 5.02 Å². The van der Waals surface area contributed by atoms with E-state index in [0.717, 1.165) is 33.4 Å². The zero-order valence-corrected chi connectivity index (χ0v) is 15.8. The molecule has 132 valence electrons. The molecule has 4 heteroatoms. The Bertz CT molecular complexity index is 892. The van der Waals surface area contributed by atoms with E-state index < -0.39 is 0 Å². The van der Waals surface area contributed by atoms with Crippen molar-refractivity contribution < 1.29 is 0 Å². The van der Waals surface area contributed by atoms with Crippen molar-refractivity contribution >= 4 is 23.4 Å². The van der Waals surface area contributed by atoms with Crippen molar-refractivity contribution in [1.29, 1.82) is 0 Å². The molecule has 0 fully saturated rings. The molecule has 0 amide bonds. The Kier molecular flexibility index (Phi) is 5.59. The molecule has 0 unspecified atom stereocenters. The average molecular weight is 364 g/mol. The molecule has 1 aliphatic heterocycles. The van der Waals surface area contributed by atoms with Gasteiger partial charge in [-0.2, -0.15) is 0 Å². The maximum atomic E-state index is 6.06. The van der Waals surface area contributed by atoms with Gasteiger partial charge in [-0.05, 0) is 36.3 Å². The third-order valence-corrected chi connectivity index (χ3v) is 4.51. The van der Waals surface area contributed by atoms with E-state index in [1.165, 1.54) is 5.56 Å². The van der Waals surface area contributed by atoms with Gasteiger partial charge in [0.2, 0.25) is 0 Å². The first-order valence-corrected chi connectivity index (χ1v) is 8.86. The molecule has 3 rings (SSSR count). The number of hydrogen-bond donors (Lipinski definition) is 1. The zero-order valence-electron chi connectivity index (χ0n) is 15.0. The summed E-state index contributed by atoms with van der Waals surface area (Å²) in [6.07, 6.45) is 5.63. The molecule has 0 bridgehead atoms. The van der Waals surface area contributed by atoms with Crippen molar-refractivity contribution in [2.24, 2.45) is 4.99 Å². The summed E-state index contributed by atoms with van der Waals surface area (Å²) < 4.78 is 0. The molecule has 0 aromatic heterocycles. The van der Waals surface area contributed by atoms with Crippen LogP contribution in [0.5, 0.6) is 0 Å². The summed E-state index contributed by atoms with van der Waals surface area (Å²) in [4.78, 5) is 6.61. The fourth-order valence-electron chi connectivity index (χ4n) is 2.83. The van der Waals surface area contributed by atoms with Crippen LogP contribution in [0.1, 0.15) is 16.7 Å². The van der Waals surface area contributed by atoms with Gasteiger partial charge in [-0.3, -0.25) is 0 Å². The molecule has 1 N–H and O–H groups in total. The standard InChI is InChI=1S/C22H22ClN3/c1-4-20(18-10-8-16(2)9-11-18)22-24-13-12-21(26(22)3)25-15-17-6-5-7-19(23)14-17/h4-14,25H,1,15H2,2-3H3/b22-20+.